The van der Waals surface area contributed by atoms with Crippen LogP contribution in [-0.2, 0) is 0 Å². The summed E-state index contributed by atoms with van der Waals surface area (Å²) in [4.78, 5) is 0. The highest BCUT2D eigenvalue weighted by Gasteiger charge is 2.10. The van der Waals surface area contributed by atoms with E-state index in [1.54, 1.807) is 0 Å². The van der Waals surface area contributed by atoms with Gasteiger partial charge in [0.25, 0.3) is 0 Å². The molecule has 0 saturated heterocycles. The first kappa shape index (κ1) is 12.1. The van der Waals surface area contributed by atoms with Crippen molar-refractivity contribution in [3.63, 3.8) is 0 Å². The molecule has 0 bridgehead atoms. The van der Waals surface area contributed by atoms with Crippen LogP contribution in [0.15, 0.2) is 11.6 Å². The number of rotatable bonds is 6. The molecule has 0 amide bonds. The first-order valence-corrected chi connectivity index (χ1v) is 4.40. The van der Waals surface area contributed by atoms with Crippen molar-refractivity contribution in [1.82, 2.24) is 10.6 Å². The summed E-state index contributed by atoms with van der Waals surface area (Å²) >= 11 is 0. The van der Waals surface area contributed by atoms with E-state index in [1.807, 2.05) is 26.8 Å². The SMILES string of the molecule is C/C=C(\C)C(NC=N)N[C@H](C)CO. The van der Waals surface area contributed by atoms with Gasteiger partial charge in [-0.25, -0.2) is 0 Å². The van der Waals surface area contributed by atoms with Crippen molar-refractivity contribution in [3.8, 4) is 0 Å². The molecule has 0 radical (unpaired) electrons. The third-order valence-electron chi connectivity index (χ3n) is 1.89. The molecule has 0 rings (SSSR count). The zero-order valence-electron chi connectivity index (χ0n) is 8.46. The lowest BCUT2D eigenvalue weighted by atomic mass is 10.2. The maximum atomic E-state index is 8.84. The molecule has 1 unspecified atom stereocenters. The van der Waals surface area contributed by atoms with Crippen LogP contribution in [0.2, 0.25) is 0 Å². The Labute approximate surface area is 79.5 Å². The standard InChI is InChI=1S/C9H19N3O/c1-4-7(2)9(11-6-10)12-8(3)5-13/h4,6,8-9,12-13H,5H2,1-3H3,(H2,10,11)/b7-4+/t8-,9?/m1/s1. The van der Waals surface area contributed by atoms with Crippen molar-refractivity contribution < 1.29 is 5.11 Å². The van der Waals surface area contributed by atoms with Crippen LogP contribution < -0.4 is 10.6 Å². The largest absolute Gasteiger partial charge is 0.395 e. The minimum Gasteiger partial charge on any atom is -0.395 e. The van der Waals surface area contributed by atoms with Crippen LogP contribution in [0.3, 0.4) is 0 Å². The van der Waals surface area contributed by atoms with Crippen LogP contribution >= 0.6 is 0 Å². The lowest BCUT2D eigenvalue weighted by Crippen LogP contribution is -2.47. The lowest BCUT2D eigenvalue weighted by Gasteiger charge is -2.22. The van der Waals surface area contributed by atoms with E-state index in [0.717, 1.165) is 11.9 Å². The van der Waals surface area contributed by atoms with E-state index in [1.165, 1.54) is 0 Å². The predicted molar refractivity (Wildman–Crippen MR) is 54.8 cm³/mol. The Morgan fingerprint density at radius 2 is 2.23 bits per heavy atom. The summed E-state index contributed by atoms with van der Waals surface area (Å²) in [5.74, 6) is 0. The Kier molecular flexibility index (Phi) is 6.18. The number of nitrogens with one attached hydrogen (secondary N) is 3. The Balaban J connectivity index is 4.16. The number of aliphatic hydroxyl groups is 1. The summed E-state index contributed by atoms with van der Waals surface area (Å²) in [6.07, 6.45) is 3.05. The molecule has 0 saturated carbocycles. The molecule has 0 aromatic heterocycles. The number of allylic oxidation sites excluding steroid dienone is 1. The molecule has 0 aliphatic heterocycles. The van der Waals surface area contributed by atoms with E-state index in [-0.39, 0.29) is 18.8 Å². The second-order valence-electron chi connectivity index (χ2n) is 3.03. The molecule has 76 valence electrons. The fourth-order valence-corrected chi connectivity index (χ4v) is 0.898. The Bertz CT molecular complexity index is 180. The fourth-order valence-electron chi connectivity index (χ4n) is 0.898. The topological polar surface area (TPSA) is 68.1 Å². The van der Waals surface area contributed by atoms with Gasteiger partial charge in [0, 0.05) is 6.04 Å². The zero-order valence-corrected chi connectivity index (χ0v) is 8.46. The van der Waals surface area contributed by atoms with E-state index in [2.05, 4.69) is 10.6 Å². The summed E-state index contributed by atoms with van der Waals surface area (Å²) in [7, 11) is 0. The third kappa shape index (κ3) is 4.65. The summed E-state index contributed by atoms with van der Waals surface area (Å²) < 4.78 is 0. The minimum atomic E-state index is -0.0651. The Hall–Kier alpha value is -0.870. The van der Waals surface area contributed by atoms with E-state index >= 15 is 0 Å². The van der Waals surface area contributed by atoms with Gasteiger partial charge in [-0.15, -0.1) is 0 Å². The molecule has 0 heterocycles. The van der Waals surface area contributed by atoms with Gasteiger partial charge in [0.1, 0.15) is 0 Å². The first-order chi connectivity index (χ1) is 6.15. The van der Waals surface area contributed by atoms with Crippen molar-refractivity contribution in [2.75, 3.05) is 6.61 Å². The molecular weight excluding hydrogens is 166 g/mol. The molecule has 4 heteroatoms. The van der Waals surface area contributed by atoms with E-state index < -0.39 is 0 Å². The smallest absolute Gasteiger partial charge is 0.0997 e. The van der Waals surface area contributed by atoms with Crippen LogP contribution in [0.25, 0.3) is 0 Å². The van der Waals surface area contributed by atoms with Crippen molar-refractivity contribution >= 4 is 6.34 Å². The maximum absolute atomic E-state index is 8.84. The van der Waals surface area contributed by atoms with Gasteiger partial charge in [-0.2, -0.15) is 0 Å². The number of hydrogen-bond donors (Lipinski definition) is 4. The summed E-state index contributed by atoms with van der Waals surface area (Å²) in [6, 6.07) is 0.0207. The van der Waals surface area contributed by atoms with Crippen LogP contribution in [0, 0.1) is 5.41 Å². The molecule has 13 heavy (non-hydrogen) atoms. The first-order valence-electron chi connectivity index (χ1n) is 4.40. The van der Waals surface area contributed by atoms with Crippen LogP contribution in [0.1, 0.15) is 20.8 Å². The Morgan fingerprint density at radius 3 is 2.62 bits per heavy atom. The van der Waals surface area contributed by atoms with Crippen LogP contribution in [0.5, 0.6) is 0 Å². The lowest BCUT2D eigenvalue weighted by molar-refractivity contribution is 0.243. The maximum Gasteiger partial charge on any atom is 0.0997 e. The average Bonchev–Trinajstić information content (AvgIpc) is 2.15. The van der Waals surface area contributed by atoms with E-state index in [0.29, 0.717) is 0 Å². The Morgan fingerprint density at radius 1 is 1.62 bits per heavy atom. The highest BCUT2D eigenvalue weighted by molar-refractivity contribution is 5.51. The quantitative estimate of drug-likeness (QED) is 0.210. The van der Waals surface area contributed by atoms with Gasteiger partial charge < -0.3 is 10.4 Å². The van der Waals surface area contributed by atoms with Gasteiger partial charge in [-0.05, 0) is 26.3 Å². The molecule has 0 aliphatic carbocycles. The molecule has 0 aliphatic rings. The highest BCUT2D eigenvalue weighted by atomic mass is 16.3. The number of aliphatic hydroxyl groups excluding tert-OH is 1. The van der Waals surface area contributed by atoms with E-state index in [9.17, 15) is 0 Å². The normalized spacial score (nSPS) is 16.5. The van der Waals surface area contributed by atoms with Crippen molar-refractivity contribution in [3.05, 3.63) is 11.6 Å². The molecule has 0 aromatic carbocycles. The minimum absolute atomic E-state index is 0.0207. The van der Waals surface area contributed by atoms with E-state index in [4.69, 9.17) is 10.5 Å². The molecule has 0 fully saturated rings. The third-order valence-corrected chi connectivity index (χ3v) is 1.89. The molecule has 0 aromatic rings. The van der Waals surface area contributed by atoms with Gasteiger partial charge >= 0.3 is 0 Å². The van der Waals surface area contributed by atoms with Crippen LogP contribution in [0.4, 0.5) is 0 Å². The molecule has 0 spiro atoms. The monoisotopic (exact) mass is 185 g/mol. The van der Waals surface area contributed by atoms with Crippen LogP contribution in [-0.4, -0.2) is 30.3 Å². The van der Waals surface area contributed by atoms with Crippen molar-refractivity contribution in [1.29, 1.82) is 5.41 Å². The zero-order chi connectivity index (χ0) is 10.3. The molecule has 4 nitrogen and oxygen atoms in total. The molecular formula is C9H19N3O. The second kappa shape index (κ2) is 6.62. The van der Waals surface area contributed by atoms with Gasteiger partial charge in [0.05, 0.1) is 19.1 Å². The predicted octanol–water partition coefficient (Wildman–Crippen LogP) is 0.446. The molecule has 2 atom stereocenters. The van der Waals surface area contributed by atoms with Gasteiger partial charge in [-0.3, -0.25) is 10.7 Å². The van der Waals surface area contributed by atoms with Crippen molar-refractivity contribution in [2.24, 2.45) is 0 Å². The second-order valence-corrected chi connectivity index (χ2v) is 3.03. The van der Waals surface area contributed by atoms with Gasteiger partial charge in [0.15, 0.2) is 0 Å². The van der Waals surface area contributed by atoms with Gasteiger partial charge in [-0.1, -0.05) is 6.08 Å². The summed E-state index contributed by atoms with van der Waals surface area (Å²) in [5, 5.41) is 21.8. The summed E-state index contributed by atoms with van der Waals surface area (Å²) in [5.41, 5.74) is 1.10. The summed E-state index contributed by atoms with van der Waals surface area (Å²) in [6.45, 7) is 5.90. The molecule has 4 N–H and O–H groups in total. The fraction of sp³-hybridized carbons (Fsp3) is 0.667. The highest BCUT2D eigenvalue weighted by Crippen LogP contribution is 1.98. The number of hydrogen-bond acceptors (Lipinski definition) is 3. The average molecular weight is 185 g/mol. The van der Waals surface area contributed by atoms with Gasteiger partial charge in [0.2, 0.25) is 0 Å². The van der Waals surface area contributed by atoms with Crippen molar-refractivity contribution in [2.45, 2.75) is 33.0 Å².